The Labute approximate surface area is 169 Å². The van der Waals surface area contributed by atoms with Gasteiger partial charge >= 0.3 is 0 Å². The summed E-state index contributed by atoms with van der Waals surface area (Å²) in [5.41, 5.74) is 5.80. The van der Waals surface area contributed by atoms with Gasteiger partial charge in [-0.25, -0.2) is 8.42 Å². The molecule has 0 aliphatic heterocycles. The van der Waals surface area contributed by atoms with E-state index in [2.05, 4.69) is 5.32 Å². The molecule has 1 aromatic carbocycles. The van der Waals surface area contributed by atoms with E-state index in [1.807, 2.05) is 6.92 Å². The van der Waals surface area contributed by atoms with Gasteiger partial charge in [0.2, 0.25) is 15.9 Å². The van der Waals surface area contributed by atoms with Crippen LogP contribution in [-0.2, 0) is 21.9 Å². The zero-order valence-corrected chi connectivity index (χ0v) is 17.4. The Morgan fingerprint density at radius 1 is 1.32 bits per heavy atom. The van der Waals surface area contributed by atoms with Gasteiger partial charge in [0.25, 0.3) is 5.91 Å². The van der Waals surface area contributed by atoms with Gasteiger partial charge in [0.05, 0.1) is 0 Å². The quantitative estimate of drug-likeness (QED) is 0.673. The zero-order chi connectivity index (χ0) is 21.1. The first-order valence-corrected chi connectivity index (χ1v) is 10.4. The molecule has 0 radical (unpaired) electrons. The maximum Gasteiger partial charge on any atom is 0.265 e. The van der Waals surface area contributed by atoms with Gasteiger partial charge in [0, 0.05) is 30.5 Å². The zero-order valence-electron chi connectivity index (χ0n) is 15.8. The number of benzene rings is 1. The summed E-state index contributed by atoms with van der Waals surface area (Å²) in [5, 5.41) is 3.12. The minimum atomic E-state index is -4.03. The fraction of sp³-hybridized carbons (Fsp3) is 0.333. The second-order valence-electron chi connectivity index (χ2n) is 6.33. The maximum absolute atomic E-state index is 13.1. The van der Waals surface area contributed by atoms with E-state index in [1.54, 1.807) is 24.3 Å². The van der Waals surface area contributed by atoms with Gasteiger partial charge in [-0.2, -0.15) is 4.31 Å². The van der Waals surface area contributed by atoms with Crippen LogP contribution >= 0.6 is 11.6 Å². The van der Waals surface area contributed by atoms with E-state index in [1.165, 1.54) is 30.8 Å². The molecule has 0 aliphatic rings. The number of nitrogens with two attached hydrogens (primary N) is 1. The molecule has 0 saturated heterocycles. The van der Waals surface area contributed by atoms with E-state index in [0.717, 1.165) is 4.31 Å². The fourth-order valence-electron chi connectivity index (χ4n) is 2.74. The van der Waals surface area contributed by atoms with Gasteiger partial charge in [-0.15, -0.1) is 0 Å². The average molecular weight is 427 g/mol. The number of halogens is 1. The van der Waals surface area contributed by atoms with Gasteiger partial charge in [-0.3, -0.25) is 9.59 Å². The molecule has 10 heteroatoms. The van der Waals surface area contributed by atoms with Crippen LogP contribution in [0.3, 0.4) is 0 Å². The van der Waals surface area contributed by atoms with Crippen LogP contribution in [0.5, 0.6) is 0 Å². The lowest BCUT2D eigenvalue weighted by Crippen LogP contribution is -2.45. The van der Waals surface area contributed by atoms with Crippen LogP contribution in [0.1, 0.15) is 30.8 Å². The SMILES string of the molecule is CCCN([C@H](C)C(=O)Nc1cccc(Cl)c1)S(=O)(=O)c1cc(C(N)=O)n(C)c1. The fourth-order valence-corrected chi connectivity index (χ4v) is 4.69. The van der Waals surface area contributed by atoms with Crippen molar-refractivity contribution in [2.45, 2.75) is 31.2 Å². The summed E-state index contributed by atoms with van der Waals surface area (Å²) in [7, 11) is -2.50. The monoisotopic (exact) mass is 426 g/mol. The number of amides is 2. The molecule has 2 rings (SSSR count). The van der Waals surface area contributed by atoms with Crippen molar-refractivity contribution in [2.24, 2.45) is 12.8 Å². The molecular weight excluding hydrogens is 404 g/mol. The van der Waals surface area contributed by atoms with E-state index in [9.17, 15) is 18.0 Å². The minimum absolute atomic E-state index is 0.0612. The predicted molar refractivity (Wildman–Crippen MR) is 108 cm³/mol. The Bertz CT molecular complexity index is 987. The number of anilines is 1. The van der Waals surface area contributed by atoms with Gasteiger partial charge in [-0.05, 0) is 37.6 Å². The van der Waals surface area contributed by atoms with Crippen molar-refractivity contribution in [1.82, 2.24) is 8.87 Å². The van der Waals surface area contributed by atoms with E-state index in [0.29, 0.717) is 17.1 Å². The van der Waals surface area contributed by atoms with Crippen molar-refractivity contribution in [3.8, 4) is 0 Å². The highest BCUT2D eigenvalue weighted by atomic mass is 35.5. The van der Waals surface area contributed by atoms with Gasteiger partial charge in [0.15, 0.2) is 0 Å². The number of aromatic nitrogens is 1. The molecule has 1 heterocycles. The first-order valence-electron chi connectivity index (χ1n) is 8.62. The van der Waals surface area contributed by atoms with Crippen LogP contribution in [-0.4, -0.2) is 41.7 Å². The van der Waals surface area contributed by atoms with Crippen molar-refractivity contribution >= 4 is 39.1 Å². The lowest BCUT2D eigenvalue weighted by Gasteiger charge is -2.27. The molecule has 1 aromatic heterocycles. The van der Waals surface area contributed by atoms with Crippen molar-refractivity contribution in [3.63, 3.8) is 0 Å². The normalized spacial score (nSPS) is 12.8. The third-order valence-corrected chi connectivity index (χ3v) is 6.36. The summed E-state index contributed by atoms with van der Waals surface area (Å²) in [5.74, 6) is -1.23. The molecular formula is C18H23ClN4O4S. The van der Waals surface area contributed by atoms with E-state index >= 15 is 0 Å². The second kappa shape index (κ2) is 8.76. The molecule has 152 valence electrons. The highest BCUT2D eigenvalue weighted by Gasteiger charge is 2.33. The van der Waals surface area contributed by atoms with Crippen LogP contribution in [0.4, 0.5) is 5.69 Å². The highest BCUT2D eigenvalue weighted by molar-refractivity contribution is 7.89. The number of nitrogens with zero attached hydrogens (tertiary/aromatic N) is 2. The molecule has 8 nitrogen and oxygen atoms in total. The molecule has 2 amide bonds. The average Bonchev–Trinajstić information content (AvgIpc) is 3.02. The lowest BCUT2D eigenvalue weighted by molar-refractivity contribution is -0.119. The minimum Gasteiger partial charge on any atom is -0.364 e. The Balaban J connectivity index is 2.33. The molecule has 2 aromatic rings. The number of nitrogens with one attached hydrogen (secondary N) is 1. The molecule has 3 N–H and O–H groups in total. The number of aryl methyl sites for hydroxylation is 1. The van der Waals surface area contributed by atoms with Crippen molar-refractivity contribution in [2.75, 3.05) is 11.9 Å². The Hall–Kier alpha value is -2.36. The third-order valence-electron chi connectivity index (χ3n) is 4.19. The molecule has 0 spiro atoms. The summed E-state index contributed by atoms with van der Waals surface area (Å²) >= 11 is 5.92. The Kier molecular flexibility index (Phi) is 6.87. The smallest absolute Gasteiger partial charge is 0.265 e. The summed E-state index contributed by atoms with van der Waals surface area (Å²) in [4.78, 5) is 24.0. The van der Waals surface area contributed by atoms with E-state index in [-0.39, 0.29) is 17.1 Å². The number of carbonyl (C=O) groups excluding carboxylic acids is 2. The molecule has 1 atom stereocenters. The number of sulfonamides is 1. The number of carbonyl (C=O) groups is 2. The topological polar surface area (TPSA) is 114 Å². The lowest BCUT2D eigenvalue weighted by atomic mass is 10.2. The van der Waals surface area contributed by atoms with E-state index in [4.69, 9.17) is 17.3 Å². The highest BCUT2D eigenvalue weighted by Crippen LogP contribution is 2.22. The van der Waals surface area contributed by atoms with Gasteiger partial charge < -0.3 is 15.6 Å². The summed E-state index contributed by atoms with van der Waals surface area (Å²) in [6, 6.07) is 6.80. The molecule has 0 aliphatic carbocycles. The third kappa shape index (κ3) is 4.73. The molecule has 0 saturated carbocycles. The van der Waals surface area contributed by atoms with Crippen LogP contribution in [0.2, 0.25) is 5.02 Å². The number of rotatable bonds is 8. The Morgan fingerprint density at radius 2 is 2.00 bits per heavy atom. The molecule has 28 heavy (non-hydrogen) atoms. The Morgan fingerprint density at radius 3 is 2.54 bits per heavy atom. The predicted octanol–water partition coefficient (Wildman–Crippen LogP) is 2.21. The maximum atomic E-state index is 13.1. The first kappa shape index (κ1) is 21.9. The van der Waals surface area contributed by atoms with Crippen LogP contribution in [0, 0.1) is 0 Å². The first-order chi connectivity index (χ1) is 13.1. The molecule has 0 unspecified atom stereocenters. The van der Waals surface area contributed by atoms with Gasteiger partial charge in [0.1, 0.15) is 16.6 Å². The number of hydrogen-bond donors (Lipinski definition) is 2. The molecule has 0 bridgehead atoms. The van der Waals surface area contributed by atoms with Crippen molar-refractivity contribution in [3.05, 3.63) is 47.2 Å². The summed E-state index contributed by atoms with van der Waals surface area (Å²) < 4.78 is 28.7. The second-order valence-corrected chi connectivity index (χ2v) is 8.65. The number of hydrogen-bond acceptors (Lipinski definition) is 4. The van der Waals surface area contributed by atoms with Crippen molar-refractivity contribution < 1.29 is 18.0 Å². The van der Waals surface area contributed by atoms with Crippen LogP contribution in [0.25, 0.3) is 0 Å². The van der Waals surface area contributed by atoms with E-state index < -0.39 is 27.9 Å². The summed E-state index contributed by atoms with van der Waals surface area (Å²) in [6.45, 7) is 3.45. The van der Waals surface area contributed by atoms with Crippen molar-refractivity contribution in [1.29, 1.82) is 0 Å². The number of primary amides is 1. The standard InChI is InChI=1S/C18H23ClN4O4S/c1-4-8-23(12(2)18(25)21-14-7-5-6-13(19)9-14)28(26,27)15-10-16(17(20)24)22(3)11-15/h5-7,9-12H,4,8H2,1-3H3,(H2,20,24)(H,21,25)/t12-/m1/s1. The molecule has 0 fully saturated rings. The largest absolute Gasteiger partial charge is 0.364 e. The van der Waals surface area contributed by atoms with Gasteiger partial charge in [-0.1, -0.05) is 24.6 Å². The van der Waals surface area contributed by atoms with Crippen LogP contribution < -0.4 is 11.1 Å². The summed E-state index contributed by atoms with van der Waals surface area (Å²) in [6.07, 6.45) is 1.81. The van der Waals surface area contributed by atoms with Crippen LogP contribution in [0.15, 0.2) is 41.4 Å².